The van der Waals surface area contributed by atoms with E-state index in [1.54, 1.807) is 7.05 Å². The third-order valence-corrected chi connectivity index (χ3v) is 1.44. The Morgan fingerprint density at radius 3 is 2.55 bits per heavy atom. The molecule has 0 bridgehead atoms. The van der Waals surface area contributed by atoms with Crippen molar-refractivity contribution >= 4 is 5.91 Å². The van der Waals surface area contributed by atoms with Crippen molar-refractivity contribution in [1.29, 1.82) is 0 Å². The molecule has 0 radical (unpaired) electrons. The number of allylic oxidation sites excluding steroid dienone is 1. The van der Waals surface area contributed by atoms with Gasteiger partial charge in [-0.1, -0.05) is 19.6 Å². The average molecular weight is 153 g/mol. The molecular weight excluding hydrogens is 138 g/mol. The van der Waals surface area contributed by atoms with Crippen molar-refractivity contribution in [3.63, 3.8) is 0 Å². The summed E-state index contributed by atoms with van der Waals surface area (Å²) in [6.07, 6.45) is 4.31. The van der Waals surface area contributed by atoms with E-state index in [0.29, 0.717) is 0 Å². The predicted octanol–water partition coefficient (Wildman–Crippen LogP) is 1.94. The quantitative estimate of drug-likeness (QED) is 0.567. The Morgan fingerprint density at radius 1 is 1.64 bits per heavy atom. The van der Waals surface area contributed by atoms with E-state index in [9.17, 15) is 4.79 Å². The highest BCUT2D eigenvalue weighted by molar-refractivity contribution is 5.93. The molecule has 0 aliphatic rings. The van der Waals surface area contributed by atoms with Gasteiger partial charge in [0.1, 0.15) is 0 Å². The fourth-order valence-electron chi connectivity index (χ4n) is 0.755. The van der Waals surface area contributed by atoms with Crippen LogP contribution in [0.5, 0.6) is 0 Å². The van der Waals surface area contributed by atoms with Crippen LogP contribution in [-0.2, 0) is 4.79 Å². The Balaban J connectivity index is 4.24. The van der Waals surface area contributed by atoms with Crippen molar-refractivity contribution in [3.05, 3.63) is 24.4 Å². The minimum Gasteiger partial charge on any atom is -0.319 e. The van der Waals surface area contributed by atoms with Crippen molar-refractivity contribution < 1.29 is 4.79 Å². The van der Waals surface area contributed by atoms with Crippen molar-refractivity contribution in [1.82, 2.24) is 4.90 Å². The Hall–Kier alpha value is -1.05. The van der Waals surface area contributed by atoms with E-state index >= 15 is 0 Å². The molecule has 0 atom stereocenters. The first-order valence-corrected chi connectivity index (χ1v) is 3.70. The number of amides is 1. The first-order chi connectivity index (χ1) is 5.13. The second-order valence-electron chi connectivity index (χ2n) is 2.39. The molecule has 2 nitrogen and oxygen atoms in total. The van der Waals surface area contributed by atoms with Gasteiger partial charge in [0.15, 0.2) is 0 Å². The Bertz CT molecular complexity index is 182. The van der Waals surface area contributed by atoms with E-state index < -0.39 is 0 Å². The van der Waals surface area contributed by atoms with Crippen molar-refractivity contribution in [2.45, 2.75) is 20.3 Å². The number of carbonyl (C=O) groups excluding carboxylic acids is 1. The summed E-state index contributed by atoms with van der Waals surface area (Å²) < 4.78 is 0. The molecule has 0 N–H and O–H groups in total. The number of hydrogen-bond donors (Lipinski definition) is 0. The predicted molar refractivity (Wildman–Crippen MR) is 47.0 cm³/mol. The SMILES string of the molecule is C=CN(C)C(=O)/C(C)=C\CC. The lowest BCUT2D eigenvalue weighted by molar-refractivity contribution is -0.123. The van der Waals surface area contributed by atoms with Crippen LogP contribution in [0.4, 0.5) is 0 Å². The van der Waals surface area contributed by atoms with Crippen LogP contribution in [-0.4, -0.2) is 17.9 Å². The number of rotatable bonds is 3. The van der Waals surface area contributed by atoms with Gasteiger partial charge in [0.2, 0.25) is 0 Å². The van der Waals surface area contributed by atoms with Crippen LogP contribution in [0.25, 0.3) is 0 Å². The molecule has 0 rings (SSSR count). The summed E-state index contributed by atoms with van der Waals surface area (Å²) in [7, 11) is 1.70. The van der Waals surface area contributed by atoms with Crippen LogP contribution in [0.3, 0.4) is 0 Å². The maximum absolute atomic E-state index is 11.3. The molecule has 0 fully saturated rings. The summed E-state index contributed by atoms with van der Waals surface area (Å²) in [5, 5.41) is 0. The third-order valence-electron chi connectivity index (χ3n) is 1.44. The smallest absolute Gasteiger partial charge is 0.252 e. The molecular formula is C9H15NO. The molecule has 1 amide bonds. The van der Waals surface area contributed by atoms with Gasteiger partial charge in [-0.3, -0.25) is 4.79 Å². The van der Waals surface area contributed by atoms with E-state index in [0.717, 1.165) is 12.0 Å². The van der Waals surface area contributed by atoms with Crippen molar-refractivity contribution in [3.8, 4) is 0 Å². The number of hydrogen-bond acceptors (Lipinski definition) is 1. The molecule has 2 heteroatoms. The van der Waals surface area contributed by atoms with Crippen LogP contribution in [0.2, 0.25) is 0 Å². The van der Waals surface area contributed by atoms with Gasteiger partial charge in [-0.2, -0.15) is 0 Å². The zero-order valence-corrected chi connectivity index (χ0v) is 7.42. The summed E-state index contributed by atoms with van der Waals surface area (Å²) in [6, 6.07) is 0. The molecule has 0 saturated carbocycles. The van der Waals surface area contributed by atoms with Gasteiger partial charge in [0, 0.05) is 12.6 Å². The van der Waals surface area contributed by atoms with Crippen LogP contribution in [0.1, 0.15) is 20.3 Å². The first-order valence-electron chi connectivity index (χ1n) is 3.70. The van der Waals surface area contributed by atoms with Crippen LogP contribution in [0, 0.1) is 0 Å². The highest BCUT2D eigenvalue weighted by Gasteiger charge is 2.05. The lowest BCUT2D eigenvalue weighted by Gasteiger charge is -2.10. The highest BCUT2D eigenvalue weighted by atomic mass is 16.2. The van der Waals surface area contributed by atoms with E-state index in [2.05, 4.69) is 6.58 Å². The molecule has 0 heterocycles. The molecule has 0 spiro atoms. The largest absolute Gasteiger partial charge is 0.319 e. The normalized spacial score (nSPS) is 11.0. The van der Waals surface area contributed by atoms with Crippen LogP contribution >= 0.6 is 0 Å². The zero-order valence-electron chi connectivity index (χ0n) is 7.42. The zero-order chi connectivity index (χ0) is 8.85. The minimum atomic E-state index is 0.0156. The molecule has 62 valence electrons. The number of likely N-dealkylation sites (N-methyl/N-ethyl adjacent to an activating group) is 1. The molecule has 0 saturated heterocycles. The lowest BCUT2D eigenvalue weighted by atomic mass is 10.2. The fourth-order valence-corrected chi connectivity index (χ4v) is 0.755. The summed E-state index contributed by atoms with van der Waals surface area (Å²) >= 11 is 0. The summed E-state index contributed by atoms with van der Waals surface area (Å²) in [5.41, 5.74) is 0.773. The van der Waals surface area contributed by atoms with Gasteiger partial charge in [-0.25, -0.2) is 0 Å². The molecule has 0 aromatic heterocycles. The monoisotopic (exact) mass is 153 g/mol. The van der Waals surface area contributed by atoms with Crippen LogP contribution in [0.15, 0.2) is 24.4 Å². The summed E-state index contributed by atoms with van der Waals surface area (Å²) in [6.45, 7) is 7.32. The van der Waals surface area contributed by atoms with Gasteiger partial charge in [-0.15, -0.1) is 0 Å². The first kappa shape index (κ1) is 9.95. The number of nitrogens with zero attached hydrogens (tertiary/aromatic N) is 1. The van der Waals surface area contributed by atoms with E-state index in [4.69, 9.17) is 0 Å². The van der Waals surface area contributed by atoms with Gasteiger partial charge in [0.25, 0.3) is 5.91 Å². The molecule has 0 aromatic rings. The van der Waals surface area contributed by atoms with Crippen molar-refractivity contribution in [2.75, 3.05) is 7.05 Å². The van der Waals surface area contributed by atoms with E-state index in [-0.39, 0.29) is 5.91 Å². The Morgan fingerprint density at radius 2 is 2.18 bits per heavy atom. The topological polar surface area (TPSA) is 20.3 Å². The third kappa shape index (κ3) is 3.03. The summed E-state index contributed by atoms with van der Waals surface area (Å²) in [4.78, 5) is 12.7. The van der Waals surface area contributed by atoms with Gasteiger partial charge in [0.05, 0.1) is 0 Å². The van der Waals surface area contributed by atoms with Gasteiger partial charge in [-0.05, 0) is 19.5 Å². The Labute approximate surface area is 68.2 Å². The molecule has 0 aliphatic heterocycles. The number of carbonyl (C=O) groups is 1. The molecule has 0 aromatic carbocycles. The van der Waals surface area contributed by atoms with E-state index in [1.165, 1.54) is 11.1 Å². The molecule has 0 unspecified atom stereocenters. The second kappa shape index (κ2) is 4.72. The Kier molecular flexibility index (Phi) is 4.27. The average Bonchev–Trinajstić information content (AvgIpc) is 2.02. The standard InChI is InChI=1S/C9H15NO/c1-5-7-8(3)9(11)10(4)6-2/h6-7H,2,5H2,1,3-4H3/b8-7-. The maximum Gasteiger partial charge on any atom is 0.252 e. The second-order valence-corrected chi connectivity index (χ2v) is 2.39. The lowest BCUT2D eigenvalue weighted by Crippen LogP contribution is -2.21. The van der Waals surface area contributed by atoms with Gasteiger partial charge < -0.3 is 4.90 Å². The molecule has 0 aliphatic carbocycles. The summed E-state index contributed by atoms with van der Waals surface area (Å²) in [5.74, 6) is 0.0156. The van der Waals surface area contributed by atoms with E-state index in [1.807, 2.05) is 19.9 Å². The van der Waals surface area contributed by atoms with Gasteiger partial charge >= 0.3 is 0 Å². The maximum atomic E-state index is 11.3. The fraction of sp³-hybridized carbons (Fsp3) is 0.444. The highest BCUT2D eigenvalue weighted by Crippen LogP contribution is 2.00. The van der Waals surface area contributed by atoms with Crippen LogP contribution < -0.4 is 0 Å². The van der Waals surface area contributed by atoms with Crippen molar-refractivity contribution in [2.24, 2.45) is 0 Å². The minimum absolute atomic E-state index is 0.0156. The molecule has 11 heavy (non-hydrogen) atoms.